The van der Waals surface area contributed by atoms with Gasteiger partial charge in [0.1, 0.15) is 5.54 Å². The highest BCUT2D eigenvalue weighted by atomic mass is 16.5. The number of nitrogens with zero attached hydrogens (tertiary/aromatic N) is 1. The molecule has 0 spiro atoms. The normalized spacial score (nSPS) is 39.1. The van der Waals surface area contributed by atoms with E-state index in [1.807, 2.05) is 6.92 Å². The molecule has 4 unspecified atom stereocenters. The van der Waals surface area contributed by atoms with Crippen molar-refractivity contribution in [2.24, 2.45) is 0 Å². The molecule has 0 bridgehead atoms. The Morgan fingerprint density at radius 3 is 2.79 bits per heavy atom. The first kappa shape index (κ1) is 14.8. The number of carbonyl (C=O) groups is 1. The van der Waals surface area contributed by atoms with E-state index in [2.05, 4.69) is 24.2 Å². The molecular formula is C14H26N2O3. The van der Waals surface area contributed by atoms with Crippen LogP contribution in [0.5, 0.6) is 0 Å². The lowest BCUT2D eigenvalue weighted by atomic mass is 9.97. The van der Waals surface area contributed by atoms with Gasteiger partial charge in [-0.1, -0.05) is 6.92 Å². The molecule has 0 aromatic heterocycles. The van der Waals surface area contributed by atoms with Gasteiger partial charge in [-0.3, -0.25) is 9.69 Å². The molecular weight excluding hydrogens is 244 g/mol. The van der Waals surface area contributed by atoms with E-state index >= 15 is 0 Å². The standard InChI is InChI=1S/C14H26N2O3/c1-4-15-14(13(17)18)7-5-11(9-14)16(3)12-6-8-19-10(12)2/h10-12,15H,4-9H2,1-3H3,(H,17,18). The minimum Gasteiger partial charge on any atom is -0.480 e. The summed E-state index contributed by atoms with van der Waals surface area (Å²) in [4.78, 5) is 13.9. The van der Waals surface area contributed by atoms with E-state index in [9.17, 15) is 9.90 Å². The summed E-state index contributed by atoms with van der Waals surface area (Å²) in [6, 6.07) is 0.764. The number of nitrogens with one attached hydrogen (secondary N) is 1. The molecule has 1 aliphatic carbocycles. The van der Waals surface area contributed by atoms with E-state index in [0.29, 0.717) is 31.5 Å². The monoisotopic (exact) mass is 270 g/mol. The van der Waals surface area contributed by atoms with E-state index in [1.54, 1.807) is 0 Å². The van der Waals surface area contributed by atoms with Crippen molar-refractivity contribution in [1.29, 1.82) is 0 Å². The zero-order chi connectivity index (χ0) is 14.0. The first-order valence-corrected chi connectivity index (χ1v) is 7.32. The molecule has 0 amide bonds. The van der Waals surface area contributed by atoms with Gasteiger partial charge in [0.15, 0.2) is 0 Å². The lowest BCUT2D eigenvalue weighted by molar-refractivity contribution is -0.144. The van der Waals surface area contributed by atoms with E-state index in [-0.39, 0.29) is 6.10 Å². The van der Waals surface area contributed by atoms with Gasteiger partial charge in [-0.15, -0.1) is 0 Å². The first-order valence-electron chi connectivity index (χ1n) is 7.32. The summed E-state index contributed by atoms with van der Waals surface area (Å²) in [5.41, 5.74) is -0.726. The first-order chi connectivity index (χ1) is 9.00. The predicted molar refractivity (Wildman–Crippen MR) is 73.3 cm³/mol. The summed E-state index contributed by atoms with van der Waals surface area (Å²) in [5, 5.41) is 12.7. The number of rotatable bonds is 5. The van der Waals surface area contributed by atoms with Crippen LogP contribution < -0.4 is 5.32 Å². The summed E-state index contributed by atoms with van der Waals surface area (Å²) < 4.78 is 5.62. The summed E-state index contributed by atoms with van der Waals surface area (Å²) in [7, 11) is 2.12. The summed E-state index contributed by atoms with van der Waals surface area (Å²) >= 11 is 0. The summed E-state index contributed by atoms with van der Waals surface area (Å²) in [6.45, 7) is 5.60. The average molecular weight is 270 g/mol. The highest BCUT2D eigenvalue weighted by molar-refractivity contribution is 5.79. The molecule has 1 saturated heterocycles. The molecule has 5 heteroatoms. The Labute approximate surface area is 115 Å². The fourth-order valence-corrected chi connectivity index (χ4v) is 3.66. The fraction of sp³-hybridized carbons (Fsp3) is 0.929. The molecule has 19 heavy (non-hydrogen) atoms. The summed E-state index contributed by atoms with van der Waals surface area (Å²) in [6.07, 6.45) is 3.65. The Bertz CT molecular complexity index is 337. The maximum absolute atomic E-state index is 11.6. The number of ether oxygens (including phenoxy) is 1. The van der Waals surface area contributed by atoms with Gasteiger partial charge in [0.25, 0.3) is 0 Å². The van der Waals surface area contributed by atoms with Gasteiger partial charge in [0.2, 0.25) is 0 Å². The van der Waals surface area contributed by atoms with E-state index < -0.39 is 11.5 Å². The lowest BCUT2D eigenvalue weighted by Crippen LogP contribution is -2.52. The van der Waals surface area contributed by atoms with Crippen LogP contribution in [-0.4, -0.2) is 59.9 Å². The number of carboxylic acids is 1. The van der Waals surface area contributed by atoms with E-state index in [0.717, 1.165) is 19.4 Å². The molecule has 0 radical (unpaired) electrons. The van der Waals surface area contributed by atoms with Gasteiger partial charge >= 0.3 is 5.97 Å². The molecule has 2 aliphatic rings. The van der Waals surface area contributed by atoms with Crippen LogP contribution in [0, 0.1) is 0 Å². The second-order valence-electron chi connectivity index (χ2n) is 5.91. The van der Waals surface area contributed by atoms with Crippen molar-refractivity contribution in [1.82, 2.24) is 10.2 Å². The van der Waals surface area contributed by atoms with Gasteiger partial charge in [-0.2, -0.15) is 0 Å². The van der Waals surface area contributed by atoms with Gasteiger partial charge in [-0.05, 0) is 46.2 Å². The van der Waals surface area contributed by atoms with Crippen molar-refractivity contribution in [3.8, 4) is 0 Å². The van der Waals surface area contributed by atoms with Crippen LogP contribution in [0.3, 0.4) is 0 Å². The highest BCUT2D eigenvalue weighted by Gasteiger charge is 2.47. The Morgan fingerprint density at radius 2 is 2.26 bits per heavy atom. The van der Waals surface area contributed by atoms with Crippen LogP contribution in [0.4, 0.5) is 0 Å². The van der Waals surface area contributed by atoms with Crippen LogP contribution in [0.15, 0.2) is 0 Å². The number of likely N-dealkylation sites (N-methyl/N-ethyl adjacent to an activating group) is 2. The van der Waals surface area contributed by atoms with Crippen LogP contribution in [0.1, 0.15) is 39.5 Å². The molecule has 2 fully saturated rings. The van der Waals surface area contributed by atoms with Crippen molar-refractivity contribution >= 4 is 5.97 Å². The molecule has 2 N–H and O–H groups in total. The number of carboxylic acid groups (broad SMARTS) is 1. The maximum atomic E-state index is 11.6. The van der Waals surface area contributed by atoms with Crippen molar-refractivity contribution in [3.63, 3.8) is 0 Å². The van der Waals surface area contributed by atoms with Gasteiger partial charge < -0.3 is 15.2 Å². The Morgan fingerprint density at radius 1 is 1.53 bits per heavy atom. The SMILES string of the molecule is CCNC1(C(=O)O)CCC(N(C)C2CCOC2C)C1. The largest absolute Gasteiger partial charge is 0.480 e. The molecule has 5 nitrogen and oxygen atoms in total. The van der Waals surface area contributed by atoms with Gasteiger partial charge in [0, 0.05) is 18.7 Å². The third-order valence-electron chi connectivity index (χ3n) is 4.85. The van der Waals surface area contributed by atoms with Crippen molar-refractivity contribution in [2.75, 3.05) is 20.2 Å². The summed E-state index contributed by atoms with van der Waals surface area (Å²) in [5.74, 6) is -0.707. The quantitative estimate of drug-likeness (QED) is 0.783. The van der Waals surface area contributed by atoms with Crippen molar-refractivity contribution < 1.29 is 14.6 Å². The van der Waals surface area contributed by atoms with Gasteiger partial charge in [0.05, 0.1) is 6.10 Å². The Kier molecular flexibility index (Phi) is 4.48. The lowest BCUT2D eigenvalue weighted by Gasteiger charge is -2.33. The average Bonchev–Trinajstić information content (AvgIpc) is 2.96. The number of hydrogen-bond donors (Lipinski definition) is 2. The zero-order valence-corrected chi connectivity index (χ0v) is 12.2. The molecule has 0 aromatic rings. The van der Waals surface area contributed by atoms with Crippen LogP contribution in [0.2, 0.25) is 0 Å². The third kappa shape index (κ3) is 2.78. The third-order valence-corrected chi connectivity index (χ3v) is 4.85. The number of aliphatic carboxylic acids is 1. The van der Waals surface area contributed by atoms with Crippen molar-refractivity contribution in [3.05, 3.63) is 0 Å². The van der Waals surface area contributed by atoms with E-state index in [4.69, 9.17) is 4.74 Å². The molecule has 4 atom stereocenters. The smallest absolute Gasteiger partial charge is 0.323 e. The van der Waals surface area contributed by atoms with Crippen LogP contribution >= 0.6 is 0 Å². The molecule has 1 heterocycles. The number of hydrogen-bond acceptors (Lipinski definition) is 4. The highest BCUT2D eigenvalue weighted by Crippen LogP contribution is 2.35. The van der Waals surface area contributed by atoms with Gasteiger partial charge in [-0.25, -0.2) is 0 Å². The Hall–Kier alpha value is -0.650. The molecule has 1 aliphatic heterocycles. The van der Waals surface area contributed by atoms with Crippen molar-refractivity contribution in [2.45, 2.75) is 63.3 Å². The minimum absolute atomic E-state index is 0.254. The maximum Gasteiger partial charge on any atom is 0.323 e. The van der Waals surface area contributed by atoms with Crippen LogP contribution in [-0.2, 0) is 9.53 Å². The second kappa shape index (κ2) is 5.77. The molecule has 0 aromatic carbocycles. The minimum atomic E-state index is -0.726. The fourth-order valence-electron chi connectivity index (χ4n) is 3.66. The zero-order valence-electron chi connectivity index (χ0n) is 12.2. The van der Waals surface area contributed by atoms with E-state index in [1.165, 1.54) is 0 Å². The topological polar surface area (TPSA) is 61.8 Å². The predicted octanol–water partition coefficient (Wildman–Crippen LogP) is 1.08. The Balaban J connectivity index is 2.02. The second-order valence-corrected chi connectivity index (χ2v) is 5.91. The molecule has 2 rings (SSSR count). The molecule has 110 valence electrons. The molecule has 1 saturated carbocycles. The van der Waals surface area contributed by atoms with Crippen LogP contribution in [0.25, 0.3) is 0 Å².